The summed E-state index contributed by atoms with van der Waals surface area (Å²) in [6.07, 6.45) is 2.57. The Kier molecular flexibility index (Phi) is 1.08. The Morgan fingerprint density at radius 1 is 1.17 bits per heavy atom. The lowest BCUT2D eigenvalue weighted by Crippen LogP contribution is -1.98. The SMILES string of the molecule is C=C1CC2CC1c1ccccc12. The van der Waals surface area contributed by atoms with Gasteiger partial charge in [-0.2, -0.15) is 0 Å². The van der Waals surface area contributed by atoms with Crippen LogP contribution in [-0.4, -0.2) is 0 Å². The lowest BCUT2D eigenvalue weighted by Gasteiger charge is -2.16. The first kappa shape index (κ1) is 6.47. The molecule has 0 nitrogen and oxygen atoms in total. The fourth-order valence-electron chi connectivity index (χ4n) is 2.78. The first-order chi connectivity index (χ1) is 5.86. The fraction of sp³-hybridized carbons (Fsp3) is 0.333. The Morgan fingerprint density at radius 3 is 2.75 bits per heavy atom. The zero-order valence-corrected chi connectivity index (χ0v) is 7.09. The number of hydrogen-bond donors (Lipinski definition) is 0. The van der Waals surface area contributed by atoms with Crippen molar-refractivity contribution in [3.05, 3.63) is 47.5 Å². The van der Waals surface area contributed by atoms with Crippen LogP contribution in [-0.2, 0) is 0 Å². The molecule has 2 aliphatic rings. The molecule has 2 atom stereocenters. The van der Waals surface area contributed by atoms with Crippen LogP contribution in [0.2, 0.25) is 0 Å². The van der Waals surface area contributed by atoms with Gasteiger partial charge >= 0.3 is 0 Å². The second kappa shape index (κ2) is 2.01. The van der Waals surface area contributed by atoms with Crippen molar-refractivity contribution in [2.45, 2.75) is 24.7 Å². The van der Waals surface area contributed by atoms with Gasteiger partial charge in [-0.15, -0.1) is 0 Å². The molecule has 0 radical (unpaired) electrons. The van der Waals surface area contributed by atoms with E-state index in [0.717, 1.165) is 5.92 Å². The van der Waals surface area contributed by atoms with Crippen molar-refractivity contribution in [3.63, 3.8) is 0 Å². The van der Waals surface area contributed by atoms with Crippen LogP contribution in [0.25, 0.3) is 0 Å². The van der Waals surface area contributed by atoms with Crippen molar-refractivity contribution in [2.75, 3.05) is 0 Å². The highest BCUT2D eigenvalue weighted by Gasteiger charge is 2.38. The molecule has 0 heterocycles. The minimum Gasteiger partial charge on any atom is -0.0992 e. The van der Waals surface area contributed by atoms with Crippen LogP contribution in [0.4, 0.5) is 0 Å². The van der Waals surface area contributed by atoms with Gasteiger partial charge in [-0.1, -0.05) is 36.4 Å². The fourth-order valence-corrected chi connectivity index (χ4v) is 2.78. The average molecular weight is 156 g/mol. The van der Waals surface area contributed by atoms with Gasteiger partial charge in [0.05, 0.1) is 0 Å². The van der Waals surface area contributed by atoms with Crippen LogP contribution in [0.5, 0.6) is 0 Å². The summed E-state index contributed by atoms with van der Waals surface area (Å²) in [4.78, 5) is 0. The molecule has 0 aliphatic heterocycles. The summed E-state index contributed by atoms with van der Waals surface area (Å²) in [5, 5.41) is 0. The molecule has 0 spiro atoms. The second-order valence-electron chi connectivity index (χ2n) is 3.98. The number of allylic oxidation sites excluding steroid dienone is 1. The third-order valence-corrected chi connectivity index (χ3v) is 3.33. The molecule has 0 N–H and O–H groups in total. The minimum atomic E-state index is 0.700. The van der Waals surface area contributed by atoms with Gasteiger partial charge in [-0.3, -0.25) is 0 Å². The molecule has 2 unspecified atom stereocenters. The van der Waals surface area contributed by atoms with Gasteiger partial charge in [-0.05, 0) is 29.9 Å². The monoisotopic (exact) mass is 156 g/mol. The van der Waals surface area contributed by atoms with E-state index in [1.807, 2.05) is 0 Å². The topological polar surface area (TPSA) is 0 Å². The third kappa shape index (κ3) is 0.632. The standard InChI is InChI=1S/C12H12/c1-8-6-9-7-12(8)11-5-3-2-4-10(9)11/h2-5,9,12H,1,6-7H2. The minimum absolute atomic E-state index is 0.700. The third-order valence-electron chi connectivity index (χ3n) is 3.33. The molecule has 60 valence electrons. The largest absolute Gasteiger partial charge is 0.0992 e. The molecule has 0 amide bonds. The van der Waals surface area contributed by atoms with Gasteiger partial charge in [-0.25, -0.2) is 0 Å². The van der Waals surface area contributed by atoms with Gasteiger partial charge in [0.2, 0.25) is 0 Å². The molecule has 1 saturated carbocycles. The summed E-state index contributed by atoms with van der Waals surface area (Å²) >= 11 is 0. The van der Waals surface area contributed by atoms with Crippen LogP contribution in [0.1, 0.15) is 35.8 Å². The number of fused-ring (bicyclic) bond motifs is 5. The van der Waals surface area contributed by atoms with Crippen LogP contribution in [0.3, 0.4) is 0 Å². The van der Waals surface area contributed by atoms with Gasteiger partial charge in [0.15, 0.2) is 0 Å². The molecule has 2 bridgehead atoms. The van der Waals surface area contributed by atoms with E-state index in [2.05, 4.69) is 30.8 Å². The molecule has 0 aromatic heterocycles. The summed E-state index contributed by atoms with van der Waals surface area (Å²) in [6.45, 7) is 4.14. The van der Waals surface area contributed by atoms with Gasteiger partial charge in [0.1, 0.15) is 0 Å². The zero-order valence-electron chi connectivity index (χ0n) is 7.09. The summed E-state index contributed by atoms with van der Waals surface area (Å²) in [5.41, 5.74) is 4.60. The molecular weight excluding hydrogens is 144 g/mol. The Labute approximate surface area is 72.9 Å². The Bertz CT molecular complexity index is 349. The number of benzene rings is 1. The summed E-state index contributed by atoms with van der Waals surface area (Å²) < 4.78 is 0. The number of hydrogen-bond acceptors (Lipinski definition) is 0. The highest BCUT2D eigenvalue weighted by molar-refractivity contribution is 5.47. The van der Waals surface area contributed by atoms with E-state index in [-0.39, 0.29) is 0 Å². The maximum Gasteiger partial charge on any atom is 0.00544 e. The van der Waals surface area contributed by atoms with Crippen molar-refractivity contribution in [3.8, 4) is 0 Å². The van der Waals surface area contributed by atoms with E-state index in [4.69, 9.17) is 0 Å². The van der Waals surface area contributed by atoms with E-state index >= 15 is 0 Å². The van der Waals surface area contributed by atoms with Crippen LogP contribution < -0.4 is 0 Å². The molecule has 3 rings (SSSR count). The van der Waals surface area contributed by atoms with Crippen molar-refractivity contribution in [2.24, 2.45) is 0 Å². The summed E-state index contributed by atoms with van der Waals surface area (Å²) in [6, 6.07) is 8.85. The molecular formula is C12H12. The quantitative estimate of drug-likeness (QED) is 0.506. The summed E-state index contributed by atoms with van der Waals surface area (Å²) in [7, 11) is 0. The molecule has 1 aromatic carbocycles. The second-order valence-corrected chi connectivity index (χ2v) is 3.98. The predicted molar refractivity (Wildman–Crippen MR) is 50.3 cm³/mol. The van der Waals surface area contributed by atoms with E-state index in [0.29, 0.717) is 5.92 Å². The molecule has 1 aromatic rings. The average Bonchev–Trinajstić information content (AvgIpc) is 2.62. The predicted octanol–water partition coefficient (Wildman–Crippen LogP) is 3.22. The maximum absolute atomic E-state index is 4.14. The molecule has 0 heteroatoms. The molecule has 1 fully saturated rings. The number of rotatable bonds is 0. The maximum atomic E-state index is 4.14. The highest BCUT2D eigenvalue weighted by Crippen LogP contribution is 2.54. The van der Waals surface area contributed by atoms with Crippen molar-refractivity contribution in [1.29, 1.82) is 0 Å². The molecule has 0 saturated heterocycles. The van der Waals surface area contributed by atoms with E-state index in [9.17, 15) is 0 Å². The van der Waals surface area contributed by atoms with E-state index in [1.54, 1.807) is 11.1 Å². The summed E-state index contributed by atoms with van der Waals surface area (Å²) in [5.74, 6) is 1.50. The van der Waals surface area contributed by atoms with Crippen LogP contribution in [0, 0.1) is 0 Å². The van der Waals surface area contributed by atoms with Gasteiger partial charge in [0, 0.05) is 5.92 Å². The Balaban J connectivity index is 2.23. The van der Waals surface area contributed by atoms with Gasteiger partial charge < -0.3 is 0 Å². The van der Waals surface area contributed by atoms with Crippen molar-refractivity contribution < 1.29 is 0 Å². The van der Waals surface area contributed by atoms with Crippen molar-refractivity contribution in [1.82, 2.24) is 0 Å². The Morgan fingerprint density at radius 2 is 1.92 bits per heavy atom. The molecule has 12 heavy (non-hydrogen) atoms. The van der Waals surface area contributed by atoms with Gasteiger partial charge in [0.25, 0.3) is 0 Å². The van der Waals surface area contributed by atoms with Crippen LogP contribution >= 0.6 is 0 Å². The lowest BCUT2D eigenvalue weighted by atomic mass is 9.89. The van der Waals surface area contributed by atoms with Crippen molar-refractivity contribution >= 4 is 0 Å². The normalized spacial score (nSPS) is 30.8. The van der Waals surface area contributed by atoms with E-state index in [1.165, 1.54) is 18.4 Å². The lowest BCUT2D eigenvalue weighted by molar-refractivity contribution is 0.757. The smallest absolute Gasteiger partial charge is 0.00544 e. The highest BCUT2D eigenvalue weighted by atomic mass is 14.4. The zero-order chi connectivity index (χ0) is 8.13. The Hall–Kier alpha value is -1.04. The molecule has 2 aliphatic carbocycles. The first-order valence-electron chi connectivity index (χ1n) is 4.63. The van der Waals surface area contributed by atoms with E-state index < -0.39 is 0 Å². The first-order valence-corrected chi connectivity index (χ1v) is 4.63. The van der Waals surface area contributed by atoms with Crippen LogP contribution in [0.15, 0.2) is 36.4 Å².